The third-order valence-electron chi connectivity index (χ3n) is 4.09. The van der Waals surface area contributed by atoms with Crippen molar-refractivity contribution in [1.29, 1.82) is 0 Å². The predicted molar refractivity (Wildman–Crippen MR) is 90.6 cm³/mol. The molecule has 0 aliphatic carbocycles. The summed E-state index contributed by atoms with van der Waals surface area (Å²) in [7, 11) is 0. The molecule has 2 aromatic heterocycles. The second-order valence-corrected chi connectivity index (χ2v) is 6.16. The van der Waals surface area contributed by atoms with Gasteiger partial charge in [-0.05, 0) is 44.9 Å². The van der Waals surface area contributed by atoms with E-state index < -0.39 is 0 Å². The normalized spacial score (nSPS) is 17.2. The number of furan rings is 1. The first-order valence-electron chi connectivity index (χ1n) is 8.24. The molecule has 3 rings (SSSR count). The minimum Gasteiger partial charge on any atom is -0.459 e. The lowest BCUT2D eigenvalue weighted by Crippen LogP contribution is -2.46. The van der Waals surface area contributed by atoms with Gasteiger partial charge in [0.15, 0.2) is 5.76 Å². The number of aromatic nitrogens is 2. The fraction of sp³-hybridized carbons (Fsp3) is 0.412. The van der Waals surface area contributed by atoms with E-state index in [-0.39, 0.29) is 17.7 Å². The average Bonchev–Trinajstić information content (AvgIpc) is 3.13. The minimum absolute atomic E-state index is 0.181. The summed E-state index contributed by atoms with van der Waals surface area (Å²) >= 11 is 0. The standard InChI is InChI=1S/C17H21N5O3/c1-11-9-12(2)19-17(18-11)21-20-15(23)13-5-3-7-22(10-13)16(24)14-6-4-8-25-14/h4,6,8-9,13H,3,5,7,10H2,1-2H3,(H,20,23)(H,18,19,21). The van der Waals surface area contributed by atoms with E-state index in [1.807, 2.05) is 19.9 Å². The Kier molecular flexibility index (Phi) is 4.97. The number of hydrogen-bond acceptors (Lipinski definition) is 6. The molecule has 132 valence electrons. The van der Waals surface area contributed by atoms with E-state index in [2.05, 4.69) is 20.8 Å². The Bertz CT molecular complexity index is 739. The molecule has 1 aliphatic heterocycles. The zero-order valence-electron chi connectivity index (χ0n) is 14.3. The van der Waals surface area contributed by atoms with Gasteiger partial charge in [0, 0.05) is 24.5 Å². The highest BCUT2D eigenvalue weighted by molar-refractivity contribution is 5.92. The summed E-state index contributed by atoms with van der Waals surface area (Å²) in [6.07, 6.45) is 2.96. The summed E-state index contributed by atoms with van der Waals surface area (Å²) in [5.74, 6) is -0.00753. The van der Waals surface area contributed by atoms with Gasteiger partial charge in [0.2, 0.25) is 11.9 Å². The van der Waals surface area contributed by atoms with Gasteiger partial charge in [0.05, 0.1) is 12.2 Å². The van der Waals surface area contributed by atoms with Crippen LogP contribution in [-0.4, -0.2) is 39.8 Å². The lowest BCUT2D eigenvalue weighted by atomic mass is 9.97. The number of rotatable bonds is 4. The van der Waals surface area contributed by atoms with Crippen LogP contribution in [0.15, 0.2) is 28.9 Å². The molecule has 0 saturated carbocycles. The maximum absolute atomic E-state index is 12.4. The summed E-state index contributed by atoms with van der Waals surface area (Å²) in [4.78, 5) is 34.8. The first-order chi connectivity index (χ1) is 12.0. The van der Waals surface area contributed by atoms with E-state index in [0.29, 0.717) is 24.8 Å². The van der Waals surface area contributed by atoms with Gasteiger partial charge in [0.25, 0.3) is 5.91 Å². The van der Waals surface area contributed by atoms with E-state index in [0.717, 1.165) is 24.2 Å². The maximum atomic E-state index is 12.4. The number of aryl methyl sites for hydroxylation is 2. The molecule has 0 spiro atoms. The number of carbonyl (C=O) groups excluding carboxylic acids is 2. The number of amides is 2. The molecule has 25 heavy (non-hydrogen) atoms. The highest BCUT2D eigenvalue weighted by Gasteiger charge is 2.29. The molecule has 8 nitrogen and oxygen atoms in total. The van der Waals surface area contributed by atoms with Gasteiger partial charge >= 0.3 is 0 Å². The molecule has 1 saturated heterocycles. The van der Waals surface area contributed by atoms with Crippen molar-refractivity contribution in [3.63, 3.8) is 0 Å². The SMILES string of the molecule is Cc1cc(C)nc(NNC(=O)C2CCCN(C(=O)c3ccco3)C2)n1. The first-order valence-corrected chi connectivity index (χ1v) is 8.24. The van der Waals surface area contributed by atoms with E-state index in [4.69, 9.17) is 4.42 Å². The molecule has 1 fully saturated rings. The van der Waals surface area contributed by atoms with Crippen molar-refractivity contribution in [2.75, 3.05) is 18.5 Å². The number of hydrazine groups is 1. The minimum atomic E-state index is -0.286. The van der Waals surface area contributed by atoms with Crippen molar-refractivity contribution in [2.45, 2.75) is 26.7 Å². The highest BCUT2D eigenvalue weighted by atomic mass is 16.3. The Morgan fingerprint density at radius 2 is 2.04 bits per heavy atom. The molecule has 1 unspecified atom stereocenters. The van der Waals surface area contributed by atoms with Crippen LogP contribution >= 0.6 is 0 Å². The van der Waals surface area contributed by atoms with Crippen molar-refractivity contribution in [3.8, 4) is 0 Å². The maximum Gasteiger partial charge on any atom is 0.289 e. The summed E-state index contributed by atoms with van der Waals surface area (Å²) in [6.45, 7) is 4.71. The number of nitrogens with zero attached hydrogens (tertiary/aromatic N) is 3. The van der Waals surface area contributed by atoms with Crippen LogP contribution in [0, 0.1) is 19.8 Å². The number of carbonyl (C=O) groups is 2. The molecule has 2 N–H and O–H groups in total. The zero-order chi connectivity index (χ0) is 17.8. The topological polar surface area (TPSA) is 100 Å². The molecule has 0 aromatic carbocycles. The Labute approximate surface area is 145 Å². The molecule has 0 bridgehead atoms. The van der Waals surface area contributed by atoms with E-state index >= 15 is 0 Å². The van der Waals surface area contributed by atoms with Crippen molar-refractivity contribution >= 4 is 17.8 Å². The van der Waals surface area contributed by atoms with Crippen LogP contribution in [0.1, 0.15) is 34.8 Å². The average molecular weight is 343 g/mol. The fourth-order valence-corrected chi connectivity index (χ4v) is 2.93. The third-order valence-corrected chi connectivity index (χ3v) is 4.09. The molecule has 1 aliphatic rings. The summed E-state index contributed by atoms with van der Waals surface area (Å²) in [6, 6.07) is 5.16. The second kappa shape index (κ2) is 7.33. The van der Waals surface area contributed by atoms with Crippen molar-refractivity contribution in [2.24, 2.45) is 5.92 Å². The van der Waals surface area contributed by atoms with Crippen molar-refractivity contribution in [1.82, 2.24) is 20.3 Å². The summed E-state index contributed by atoms with van der Waals surface area (Å²) in [5.41, 5.74) is 7.03. The Morgan fingerprint density at radius 1 is 1.28 bits per heavy atom. The Morgan fingerprint density at radius 3 is 2.72 bits per heavy atom. The van der Waals surface area contributed by atoms with E-state index in [1.165, 1.54) is 6.26 Å². The number of nitrogens with one attached hydrogen (secondary N) is 2. The predicted octanol–water partition coefficient (Wildman–Crippen LogP) is 1.68. The third kappa shape index (κ3) is 4.14. The van der Waals surface area contributed by atoms with Gasteiger partial charge < -0.3 is 9.32 Å². The van der Waals surface area contributed by atoms with Crippen LogP contribution in [0.5, 0.6) is 0 Å². The molecular formula is C17H21N5O3. The number of anilines is 1. The van der Waals surface area contributed by atoms with Gasteiger partial charge in [0.1, 0.15) is 0 Å². The molecule has 1 atom stereocenters. The van der Waals surface area contributed by atoms with Gasteiger partial charge in [-0.2, -0.15) is 0 Å². The molecule has 2 aromatic rings. The lowest BCUT2D eigenvalue weighted by molar-refractivity contribution is -0.125. The zero-order valence-corrected chi connectivity index (χ0v) is 14.3. The van der Waals surface area contributed by atoms with E-state index in [1.54, 1.807) is 17.0 Å². The molecule has 0 radical (unpaired) electrons. The summed E-state index contributed by atoms with van der Waals surface area (Å²) in [5, 5.41) is 0. The van der Waals surface area contributed by atoms with Crippen LogP contribution in [0.4, 0.5) is 5.95 Å². The summed E-state index contributed by atoms with van der Waals surface area (Å²) < 4.78 is 5.15. The Hall–Kier alpha value is -2.90. The molecule has 3 heterocycles. The number of likely N-dealkylation sites (tertiary alicyclic amines) is 1. The quantitative estimate of drug-likeness (QED) is 0.819. The number of piperidine rings is 1. The van der Waals surface area contributed by atoms with Gasteiger partial charge in [-0.3, -0.25) is 20.4 Å². The molecule has 2 amide bonds. The number of hydrogen-bond donors (Lipinski definition) is 2. The van der Waals surface area contributed by atoms with Crippen molar-refractivity contribution in [3.05, 3.63) is 41.6 Å². The van der Waals surface area contributed by atoms with Crippen LogP contribution < -0.4 is 10.9 Å². The van der Waals surface area contributed by atoms with Crippen LogP contribution in [-0.2, 0) is 4.79 Å². The largest absolute Gasteiger partial charge is 0.459 e. The smallest absolute Gasteiger partial charge is 0.289 e. The highest BCUT2D eigenvalue weighted by Crippen LogP contribution is 2.19. The van der Waals surface area contributed by atoms with Crippen molar-refractivity contribution < 1.29 is 14.0 Å². The molecule has 8 heteroatoms. The van der Waals surface area contributed by atoms with Crippen LogP contribution in [0.3, 0.4) is 0 Å². The van der Waals surface area contributed by atoms with Gasteiger partial charge in [-0.1, -0.05) is 0 Å². The van der Waals surface area contributed by atoms with Crippen LogP contribution in [0.25, 0.3) is 0 Å². The lowest BCUT2D eigenvalue weighted by Gasteiger charge is -2.31. The molecular weight excluding hydrogens is 322 g/mol. The van der Waals surface area contributed by atoms with Crippen LogP contribution in [0.2, 0.25) is 0 Å². The second-order valence-electron chi connectivity index (χ2n) is 6.16. The Balaban J connectivity index is 1.57. The monoisotopic (exact) mass is 343 g/mol. The van der Waals surface area contributed by atoms with Gasteiger partial charge in [-0.25, -0.2) is 9.97 Å². The van der Waals surface area contributed by atoms with Gasteiger partial charge in [-0.15, -0.1) is 0 Å². The fourth-order valence-electron chi connectivity index (χ4n) is 2.93. The first kappa shape index (κ1) is 16.9. The van der Waals surface area contributed by atoms with E-state index in [9.17, 15) is 9.59 Å².